The Morgan fingerprint density at radius 1 is 0.927 bits per heavy atom. The number of unbranched alkanes of at least 4 members (excludes halogenated alkanes) is 2. The third kappa shape index (κ3) is 8.17. The van der Waals surface area contributed by atoms with E-state index < -0.39 is 11.5 Å². The van der Waals surface area contributed by atoms with Crippen molar-refractivity contribution in [2.45, 2.75) is 64.3 Å². The summed E-state index contributed by atoms with van der Waals surface area (Å²) in [7, 11) is 0. The average Bonchev–Trinajstić information content (AvgIpc) is 2.99. The van der Waals surface area contributed by atoms with Gasteiger partial charge in [0.15, 0.2) is 0 Å². The lowest BCUT2D eigenvalue weighted by Gasteiger charge is -2.43. The topological polar surface area (TPSA) is 105 Å². The Morgan fingerprint density at radius 2 is 1.68 bits per heavy atom. The van der Waals surface area contributed by atoms with E-state index in [0.717, 1.165) is 47.6 Å². The highest BCUT2D eigenvalue weighted by atomic mass is 16.2. The van der Waals surface area contributed by atoms with Crippen molar-refractivity contribution < 1.29 is 14.4 Å². The fourth-order valence-corrected chi connectivity index (χ4v) is 5.96. The number of hydrogen-bond acceptors (Lipinski definition) is 4. The molecule has 1 aliphatic heterocycles. The standard InChI is InChI=1S/C34H44N4O3/c1-2-36-33(41)34(24-26-12-5-3-6-13-26)19-11-21-38(25-34)32(40)30(37-31(39)16-7-4-10-20-35)23-27-17-18-28-14-8-9-15-29(28)22-27/h3,5-6,8-9,12-15,17-18,22,30H,2,4,7,10-11,16,19-21,23-25,35H2,1H3,(H,36,41)(H,37,39)/t30-,34+/m1/s1. The van der Waals surface area contributed by atoms with E-state index in [-0.39, 0.29) is 17.7 Å². The number of benzene rings is 3. The van der Waals surface area contributed by atoms with E-state index in [1.807, 2.05) is 60.4 Å². The second-order valence-corrected chi connectivity index (χ2v) is 11.3. The van der Waals surface area contributed by atoms with Crippen LogP contribution < -0.4 is 16.4 Å². The van der Waals surface area contributed by atoms with Gasteiger partial charge in [0, 0.05) is 32.5 Å². The predicted octanol–water partition coefficient (Wildman–Crippen LogP) is 4.37. The molecule has 0 saturated carbocycles. The number of hydrogen-bond donors (Lipinski definition) is 3. The number of piperidine rings is 1. The van der Waals surface area contributed by atoms with Crippen molar-refractivity contribution >= 4 is 28.5 Å². The molecule has 0 aromatic heterocycles. The molecule has 1 fully saturated rings. The Labute approximate surface area is 243 Å². The van der Waals surface area contributed by atoms with Gasteiger partial charge in [-0.25, -0.2) is 0 Å². The van der Waals surface area contributed by atoms with E-state index in [9.17, 15) is 14.4 Å². The van der Waals surface area contributed by atoms with Gasteiger partial charge in [-0.05, 0) is 67.5 Å². The summed E-state index contributed by atoms with van der Waals surface area (Å²) >= 11 is 0. The minimum Gasteiger partial charge on any atom is -0.356 e. The molecule has 2 atom stereocenters. The van der Waals surface area contributed by atoms with E-state index in [0.29, 0.717) is 51.9 Å². The predicted molar refractivity (Wildman–Crippen MR) is 164 cm³/mol. The molecule has 7 nitrogen and oxygen atoms in total. The number of nitrogens with zero attached hydrogens (tertiary/aromatic N) is 1. The first kappa shape index (κ1) is 30.3. The van der Waals surface area contributed by atoms with Gasteiger partial charge in [-0.1, -0.05) is 79.2 Å². The molecular weight excluding hydrogens is 512 g/mol. The van der Waals surface area contributed by atoms with Gasteiger partial charge >= 0.3 is 0 Å². The molecule has 3 aromatic carbocycles. The van der Waals surface area contributed by atoms with Gasteiger partial charge in [-0.15, -0.1) is 0 Å². The maximum atomic E-state index is 14.2. The number of carbonyl (C=O) groups is 3. The van der Waals surface area contributed by atoms with Gasteiger partial charge < -0.3 is 21.3 Å². The minimum absolute atomic E-state index is 0.0172. The SMILES string of the molecule is CCNC(=O)[C@]1(Cc2ccccc2)CCCN(C(=O)[C@@H](Cc2ccc3ccccc3c2)NC(=O)CCCCCN)C1. The lowest BCUT2D eigenvalue weighted by atomic mass is 9.74. The lowest BCUT2D eigenvalue weighted by molar-refractivity contribution is -0.144. The van der Waals surface area contributed by atoms with E-state index >= 15 is 0 Å². The molecule has 218 valence electrons. The maximum absolute atomic E-state index is 14.2. The molecule has 41 heavy (non-hydrogen) atoms. The van der Waals surface area contributed by atoms with E-state index in [4.69, 9.17) is 5.73 Å². The third-order valence-electron chi connectivity index (χ3n) is 8.09. The number of rotatable bonds is 13. The molecule has 1 aliphatic rings. The fraction of sp³-hybridized carbons (Fsp3) is 0.441. The second kappa shape index (κ2) is 14.8. The quantitative estimate of drug-likeness (QED) is 0.272. The number of carbonyl (C=O) groups excluding carboxylic acids is 3. The van der Waals surface area contributed by atoms with Gasteiger partial charge in [0.25, 0.3) is 0 Å². The normalized spacial score (nSPS) is 17.7. The molecular formula is C34H44N4O3. The molecule has 7 heteroatoms. The highest BCUT2D eigenvalue weighted by molar-refractivity contribution is 5.90. The Morgan fingerprint density at radius 3 is 2.44 bits per heavy atom. The summed E-state index contributed by atoms with van der Waals surface area (Å²) in [6.07, 6.45) is 5.25. The number of nitrogens with one attached hydrogen (secondary N) is 2. The zero-order valence-electron chi connectivity index (χ0n) is 24.2. The average molecular weight is 557 g/mol. The molecule has 1 saturated heterocycles. The van der Waals surface area contributed by atoms with Crippen LogP contribution in [0, 0.1) is 5.41 Å². The summed E-state index contributed by atoms with van der Waals surface area (Å²) in [6, 6.07) is 23.6. The van der Waals surface area contributed by atoms with Gasteiger partial charge in [0.2, 0.25) is 17.7 Å². The van der Waals surface area contributed by atoms with Crippen LogP contribution in [-0.2, 0) is 27.2 Å². The van der Waals surface area contributed by atoms with Crippen LogP contribution in [0.15, 0.2) is 72.8 Å². The molecule has 0 spiro atoms. The molecule has 4 N–H and O–H groups in total. The number of nitrogens with two attached hydrogens (primary N) is 1. The first-order chi connectivity index (χ1) is 19.9. The second-order valence-electron chi connectivity index (χ2n) is 11.3. The van der Waals surface area contributed by atoms with Gasteiger partial charge in [0.05, 0.1) is 5.41 Å². The minimum atomic E-state index is -0.717. The Balaban J connectivity index is 1.57. The van der Waals surface area contributed by atoms with Crippen LogP contribution in [0.3, 0.4) is 0 Å². The summed E-state index contributed by atoms with van der Waals surface area (Å²) in [6.45, 7) is 3.95. The van der Waals surface area contributed by atoms with Gasteiger partial charge in [-0.2, -0.15) is 0 Å². The van der Waals surface area contributed by atoms with Crippen LogP contribution in [0.4, 0.5) is 0 Å². The number of likely N-dealkylation sites (tertiary alicyclic amines) is 1. The van der Waals surface area contributed by atoms with E-state index in [1.165, 1.54) is 0 Å². The van der Waals surface area contributed by atoms with E-state index in [2.05, 4.69) is 34.9 Å². The first-order valence-corrected chi connectivity index (χ1v) is 15.0. The molecule has 1 heterocycles. The number of amides is 3. The van der Waals surface area contributed by atoms with Crippen LogP contribution >= 0.6 is 0 Å². The van der Waals surface area contributed by atoms with Crippen molar-refractivity contribution in [2.24, 2.45) is 11.1 Å². The largest absolute Gasteiger partial charge is 0.356 e. The zero-order chi connectivity index (χ0) is 29.1. The first-order valence-electron chi connectivity index (χ1n) is 15.0. The highest BCUT2D eigenvalue weighted by Crippen LogP contribution is 2.35. The molecule has 0 radical (unpaired) electrons. The molecule has 0 unspecified atom stereocenters. The van der Waals surface area contributed by atoms with Crippen LogP contribution in [0.2, 0.25) is 0 Å². The molecule has 3 aromatic rings. The summed E-state index contributed by atoms with van der Waals surface area (Å²) in [5.74, 6) is -0.274. The van der Waals surface area contributed by atoms with Crippen LogP contribution in [0.1, 0.15) is 56.6 Å². The third-order valence-corrected chi connectivity index (χ3v) is 8.09. The summed E-state index contributed by atoms with van der Waals surface area (Å²) in [5, 5.41) is 8.32. The Hall–Kier alpha value is -3.71. The van der Waals surface area contributed by atoms with Crippen LogP contribution in [-0.4, -0.2) is 54.8 Å². The van der Waals surface area contributed by atoms with Crippen molar-refractivity contribution in [3.63, 3.8) is 0 Å². The van der Waals surface area contributed by atoms with Gasteiger partial charge in [-0.3, -0.25) is 14.4 Å². The zero-order valence-corrected chi connectivity index (χ0v) is 24.2. The molecule has 0 aliphatic carbocycles. The highest BCUT2D eigenvalue weighted by Gasteiger charge is 2.44. The Kier molecular flexibility index (Phi) is 10.9. The summed E-state index contributed by atoms with van der Waals surface area (Å²) < 4.78 is 0. The van der Waals surface area contributed by atoms with Crippen molar-refractivity contribution in [2.75, 3.05) is 26.2 Å². The fourth-order valence-electron chi connectivity index (χ4n) is 5.96. The van der Waals surface area contributed by atoms with Crippen LogP contribution in [0.25, 0.3) is 10.8 Å². The molecule has 0 bridgehead atoms. The monoisotopic (exact) mass is 556 g/mol. The van der Waals surface area contributed by atoms with Crippen molar-refractivity contribution in [3.05, 3.63) is 83.9 Å². The summed E-state index contributed by atoms with van der Waals surface area (Å²) in [5.41, 5.74) is 6.95. The van der Waals surface area contributed by atoms with E-state index in [1.54, 1.807) is 0 Å². The maximum Gasteiger partial charge on any atom is 0.245 e. The van der Waals surface area contributed by atoms with Crippen molar-refractivity contribution in [1.29, 1.82) is 0 Å². The van der Waals surface area contributed by atoms with Gasteiger partial charge in [0.1, 0.15) is 6.04 Å². The smallest absolute Gasteiger partial charge is 0.245 e. The number of fused-ring (bicyclic) bond motifs is 1. The molecule has 3 amide bonds. The van der Waals surface area contributed by atoms with Crippen LogP contribution in [0.5, 0.6) is 0 Å². The Bertz CT molecular complexity index is 1310. The van der Waals surface area contributed by atoms with Crippen molar-refractivity contribution in [3.8, 4) is 0 Å². The lowest BCUT2D eigenvalue weighted by Crippen LogP contribution is -2.58. The summed E-state index contributed by atoms with van der Waals surface area (Å²) in [4.78, 5) is 42.5. The van der Waals surface area contributed by atoms with Crippen molar-refractivity contribution in [1.82, 2.24) is 15.5 Å². The molecule has 4 rings (SSSR count).